The summed E-state index contributed by atoms with van der Waals surface area (Å²) in [6.45, 7) is 5.42. The Kier molecular flexibility index (Phi) is 3.85. The van der Waals surface area contributed by atoms with Gasteiger partial charge in [0, 0.05) is 6.54 Å². The molecule has 0 bridgehead atoms. The van der Waals surface area contributed by atoms with Crippen LogP contribution in [-0.4, -0.2) is 31.6 Å². The monoisotopic (exact) mass is 234 g/mol. The Morgan fingerprint density at radius 1 is 1.29 bits per heavy atom. The summed E-state index contributed by atoms with van der Waals surface area (Å²) in [5, 5.41) is 14.7. The van der Waals surface area contributed by atoms with Crippen LogP contribution in [0.2, 0.25) is 0 Å². The van der Waals surface area contributed by atoms with E-state index < -0.39 is 0 Å². The zero-order valence-corrected chi connectivity index (χ0v) is 10.3. The van der Waals surface area contributed by atoms with E-state index in [2.05, 4.69) is 39.7 Å². The van der Waals surface area contributed by atoms with E-state index in [9.17, 15) is 0 Å². The second-order valence-electron chi connectivity index (χ2n) is 4.56. The third-order valence-corrected chi connectivity index (χ3v) is 2.62. The minimum absolute atomic E-state index is 0.664. The van der Waals surface area contributed by atoms with Crippen molar-refractivity contribution in [2.24, 2.45) is 5.92 Å². The second kappa shape index (κ2) is 5.56. The summed E-state index contributed by atoms with van der Waals surface area (Å²) in [6, 6.07) is 0. The molecular formula is C11H18N6. The number of anilines is 1. The van der Waals surface area contributed by atoms with Crippen LogP contribution in [0.25, 0.3) is 5.65 Å². The molecule has 2 heterocycles. The van der Waals surface area contributed by atoms with Gasteiger partial charge in [0.15, 0.2) is 5.65 Å². The molecule has 0 radical (unpaired) electrons. The quantitative estimate of drug-likeness (QED) is 0.771. The molecule has 0 saturated heterocycles. The third kappa shape index (κ3) is 3.12. The lowest BCUT2D eigenvalue weighted by Gasteiger charge is -2.07. The molecule has 0 aromatic carbocycles. The van der Waals surface area contributed by atoms with Crippen LogP contribution in [0.1, 0.15) is 33.1 Å². The summed E-state index contributed by atoms with van der Waals surface area (Å²) in [4.78, 5) is 4.09. The Morgan fingerprint density at radius 2 is 2.18 bits per heavy atom. The van der Waals surface area contributed by atoms with Crippen LogP contribution in [-0.2, 0) is 0 Å². The number of rotatable bonds is 6. The Labute approximate surface area is 100 Å². The first-order valence-electron chi connectivity index (χ1n) is 6.03. The van der Waals surface area contributed by atoms with Crippen molar-refractivity contribution in [1.29, 1.82) is 0 Å². The van der Waals surface area contributed by atoms with Crippen LogP contribution in [0.5, 0.6) is 0 Å². The zero-order valence-electron chi connectivity index (χ0n) is 10.3. The highest BCUT2D eigenvalue weighted by Gasteiger charge is 2.02. The zero-order chi connectivity index (χ0) is 12.1. The van der Waals surface area contributed by atoms with E-state index >= 15 is 0 Å². The average molecular weight is 234 g/mol. The number of fused-ring (bicyclic) bond motifs is 1. The summed E-state index contributed by atoms with van der Waals surface area (Å²) >= 11 is 0. The predicted molar refractivity (Wildman–Crippen MR) is 65.8 cm³/mol. The molecule has 6 heteroatoms. The van der Waals surface area contributed by atoms with Crippen LogP contribution in [0.15, 0.2) is 12.4 Å². The molecule has 0 fully saturated rings. The molecule has 0 aliphatic rings. The van der Waals surface area contributed by atoms with Crippen molar-refractivity contribution < 1.29 is 0 Å². The largest absolute Gasteiger partial charge is 0.369 e. The van der Waals surface area contributed by atoms with Gasteiger partial charge in [0.1, 0.15) is 5.82 Å². The van der Waals surface area contributed by atoms with Gasteiger partial charge in [-0.05, 0) is 22.8 Å². The van der Waals surface area contributed by atoms with Gasteiger partial charge in [-0.15, -0.1) is 5.10 Å². The molecule has 17 heavy (non-hydrogen) atoms. The second-order valence-corrected chi connectivity index (χ2v) is 4.56. The van der Waals surface area contributed by atoms with E-state index in [1.807, 2.05) is 0 Å². The number of hydrogen-bond acceptors (Lipinski definition) is 5. The van der Waals surface area contributed by atoms with Gasteiger partial charge < -0.3 is 5.32 Å². The SMILES string of the molecule is CC(C)CCCCNc1cncc2nnnn12. The van der Waals surface area contributed by atoms with Crippen molar-refractivity contribution in [3.8, 4) is 0 Å². The summed E-state index contributed by atoms with van der Waals surface area (Å²) in [7, 11) is 0. The van der Waals surface area contributed by atoms with Crippen molar-refractivity contribution in [3.05, 3.63) is 12.4 Å². The molecule has 2 aromatic rings. The average Bonchev–Trinajstić information content (AvgIpc) is 2.77. The van der Waals surface area contributed by atoms with Gasteiger partial charge in [-0.2, -0.15) is 4.52 Å². The smallest absolute Gasteiger partial charge is 0.199 e. The summed E-state index contributed by atoms with van der Waals surface area (Å²) < 4.78 is 1.66. The first-order valence-corrected chi connectivity index (χ1v) is 6.03. The number of nitrogens with zero attached hydrogens (tertiary/aromatic N) is 5. The Bertz CT molecular complexity index is 464. The van der Waals surface area contributed by atoms with E-state index in [0.29, 0.717) is 5.65 Å². The fourth-order valence-corrected chi connectivity index (χ4v) is 1.69. The lowest BCUT2D eigenvalue weighted by molar-refractivity contribution is 0.544. The Morgan fingerprint density at radius 3 is 3.00 bits per heavy atom. The number of nitrogens with one attached hydrogen (secondary N) is 1. The van der Waals surface area contributed by atoms with Gasteiger partial charge in [0.25, 0.3) is 0 Å². The van der Waals surface area contributed by atoms with Crippen LogP contribution in [0.4, 0.5) is 5.82 Å². The summed E-state index contributed by atoms with van der Waals surface area (Å²) in [5.74, 6) is 1.62. The summed E-state index contributed by atoms with van der Waals surface area (Å²) in [5.41, 5.74) is 0.664. The van der Waals surface area contributed by atoms with Crippen LogP contribution in [0.3, 0.4) is 0 Å². The summed E-state index contributed by atoms with van der Waals surface area (Å²) in [6.07, 6.45) is 7.05. The van der Waals surface area contributed by atoms with Gasteiger partial charge in [-0.1, -0.05) is 26.7 Å². The molecule has 2 aromatic heterocycles. The Hall–Kier alpha value is -1.72. The molecule has 0 spiro atoms. The predicted octanol–water partition coefficient (Wildman–Crippen LogP) is 1.76. The highest BCUT2D eigenvalue weighted by molar-refractivity contribution is 5.43. The highest BCUT2D eigenvalue weighted by atomic mass is 15.5. The van der Waals surface area contributed by atoms with Crippen molar-refractivity contribution in [2.45, 2.75) is 33.1 Å². The number of tetrazole rings is 1. The standard InChI is InChI=1S/C11H18N6/c1-9(2)5-3-4-6-13-10-7-12-8-11-14-15-16-17(10)11/h7-9,13H,3-6H2,1-2H3. The first kappa shape index (κ1) is 11.8. The van der Waals surface area contributed by atoms with E-state index in [0.717, 1.165) is 24.7 Å². The van der Waals surface area contributed by atoms with Crippen molar-refractivity contribution in [1.82, 2.24) is 25.0 Å². The maximum Gasteiger partial charge on any atom is 0.199 e. The number of hydrogen-bond donors (Lipinski definition) is 1. The Balaban J connectivity index is 1.84. The molecule has 0 unspecified atom stereocenters. The molecule has 6 nitrogen and oxygen atoms in total. The maximum absolute atomic E-state index is 4.09. The fraction of sp³-hybridized carbons (Fsp3) is 0.636. The van der Waals surface area contributed by atoms with E-state index in [1.165, 1.54) is 12.8 Å². The molecule has 0 aliphatic heterocycles. The van der Waals surface area contributed by atoms with Gasteiger partial charge >= 0.3 is 0 Å². The molecule has 2 rings (SSSR count). The van der Waals surface area contributed by atoms with E-state index in [4.69, 9.17) is 0 Å². The van der Waals surface area contributed by atoms with Crippen molar-refractivity contribution >= 4 is 11.5 Å². The van der Waals surface area contributed by atoms with E-state index in [-0.39, 0.29) is 0 Å². The van der Waals surface area contributed by atoms with Gasteiger partial charge in [0.05, 0.1) is 12.4 Å². The molecule has 92 valence electrons. The van der Waals surface area contributed by atoms with Gasteiger partial charge in [0.2, 0.25) is 0 Å². The molecule has 1 N–H and O–H groups in total. The fourth-order valence-electron chi connectivity index (χ4n) is 1.69. The molecule has 0 atom stereocenters. The lowest BCUT2D eigenvalue weighted by Crippen LogP contribution is -2.07. The molecule has 0 amide bonds. The minimum atomic E-state index is 0.664. The van der Waals surface area contributed by atoms with Crippen LogP contribution < -0.4 is 5.32 Å². The molecular weight excluding hydrogens is 216 g/mol. The van der Waals surface area contributed by atoms with Crippen molar-refractivity contribution in [2.75, 3.05) is 11.9 Å². The first-order chi connectivity index (χ1) is 8.27. The number of aromatic nitrogens is 5. The van der Waals surface area contributed by atoms with E-state index in [1.54, 1.807) is 16.9 Å². The lowest BCUT2D eigenvalue weighted by atomic mass is 10.1. The number of unbranched alkanes of at least 4 members (excludes halogenated alkanes) is 1. The normalized spacial score (nSPS) is 11.2. The topological polar surface area (TPSA) is 68.0 Å². The van der Waals surface area contributed by atoms with Crippen LogP contribution >= 0.6 is 0 Å². The maximum atomic E-state index is 4.09. The molecule has 0 aliphatic carbocycles. The van der Waals surface area contributed by atoms with Crippen LogP contribution in [0, 0.1) is 5.92 Å². The highest BCUT2D eigenvalue weighted by Crippen LogP contribution is 2.08. The van der Waals surface area contributed by atoms with Crippen molar-refractivity contribution in [3.63, 3.8) is 0 Å². The van der Waals surface area contributed by atoms with Gasteiger partial charge in [-0.3, -0.25) is 4.98 Å². The third-order valence-electron chi connectivity index (χ3n) is 2.62. The minimum Gasteiger partial charge on any atom is -0.369 e. The molecule has 0 saturated carbocycles. The van der Waals surface area contributed by atoms with Gasteiger partial charge in [-0.25, -0.2) is 0 Å².